The molecular weight excluding hydrogens is 174 g/mol. The molecule has 0 saturated heterocycles. The number of nitrogens with zero attached hydrogens (tertiary/aromatic N) is 2. The van der Waals surface area contributed by atoms with Gasteiger partial charge in [0, 0.05) is 6.20 Å². The van der Waals surface area contributed by atoms with E-state index in [0.29, 0.717) is 11.8 Å². The molecule has 1 aliphatic carbocycles. The van der Waals surface area contributed by atoms with Crippen molar-refractivity contribution in [3.63, 3.8) is 0 Å². The zero-order valence-corrected chi connectivity index (χ0v) is 9.20. The Balaban J connectivity index is 2.12. The molecular formula is C11H19N3. The third kappa shape index (κ3) is 1.69. The maximum atomic E-state index is 5.63. The lowest BCUT2D eigenvalue weighted by Gasteiger charge is -2.18. The minimum atomic E-state index is 0.0886. The second-order valence-electron chi connectivity index (χ2n) is 5.23. The molecule has 2 rings (SSSR count). The molecule has 3 nitrogen and oxygen atoms in total. The predicted molar refractivity (Wildman–Crippen MR) is 57.1 cm³/mol. The lowest BCUT2D eigenvalue weighted by atomic mass is 10.1. The Morgan fingerprint density at radius 1 is 1.57 bits per heavy atom. The van der Waals surface area contributed by atoms with Crippen molar-refractivity contribution in [3.05, 3.63) is 18.0 Å². The van der Waals surface area contributed by atoms with Gasteiger partial charge in [0.05, 0.1) is 11.7 Å². The van der Waals surface area contributed by atoms with Crippen LogP contribution < -0.4 is 5.73 Å². The maximum Gasteiger partial charge on any atom is 0.0543 e. The van der Waals surface area contributed by atoms with Crippen molar-refractivity contribution in [2.24, 2.45) is 11.7 Å². The Morgan fingerprint density at radius 3 is 2.71 bits per heavy atom. The Morgan fingerprint density at radius 2 is 2.29 bits per heavy atom. The number of hydrogen-bond acceptors (Lipinski definition) is 2. The standard InChI is InChI=1S/C11H19N3/c1-11(2,3)14-7-9(6-13-14)10-4-8(10)5-12/h6-8,10H,4-5,12H2,1-3H3/t8-,10+/m0/s1. The van der Waals surface area contributed by atoms with Gasteiger partial charge in [0.25, 0.3) is 0 Å². The fourth-order valence-corrected chi connectivity index (χ4v) is 1.81. The van der Waals surface area contributed by atoms with E-state index in [4.69, 9.17) is 5.73 Å². The van der Waals surface area contributed by atoms with Crippen LogP contribution in [0, 0.1) is 5.92 Å². The van der Waals surface area contributed by atoms with Gasteiger partial charge in [-0.15, -0.1) is 0 Å². The summed E-state index contributed by atoms with van der Waals surface area (Å²) in [6.45, 7) is 7.30. The molecule has 1 saturated carbocycles. The summed E-state index contributed by atoms with van der Waals surface area (Å²) in [5.74, 6) is 1.38. The minimum absolute atomic E-state index is 0.0886. The summed E-state index contributed by atoms with van der Waals surface area (Å²) in [7, 11) is 0. The van der Waals surface area contributed by atoms with Gasteiger partial charge in [-0.3, -0.25) is 4.68 Å². The van der Waals surface area contributed by atoms with Crippen LogP contribution in [0.1, 0.15) is 38.7 Å². The van der Waals surface area contributed by atoms with E-state index in [1.165, 1.54) is 12.0 Å². The first-order chi connectivity index (χ1) is 6.52. The normalized spacial score (nSPS) is 26.6. The van der Waals surface area contributed by atoms with E-state index in [-0.39, 0.29) is 5.54 Å². The van der Waals surface area contributed by atoms with E-state index in [2.05, 4.69) is 32.1 Å². The summed E-state index contributed by atoms with van der Waals surface area (Å²) in [5.41, 5.74) is 7.07. The molecule has 78 valence electrons. The van der Waals surface area contributed by atoms with Crippen molar-refractivity contribution in [1.29, 1.82) is 0 Å². The van der Waals surface area contributed by atoms with Crippen molar-refractivity contribution in [3.8, 4) is 0 Å². The number of aromatic nitrogens is 2. The maximum absolute atomic E-state index is 5.63. The largest absolute Gasteiger partial charge is 0.330 e. The molecule has 1 aromatic heterocycles. The summed E-state index contributed by atoms with van der Waals surface area (Å²) >= 11 is 0. The number of rotatable bonds is 2. The van der Waals surface area contributed by atoms with E-state index >= 15 is 0 Å². The monoisotopic (exact) mass is 193 g/mol. The van der Waals surface area contributed by atoms with Crippen LogP contribution in [0.3, 0.4) is 0 Å². The molecule has 1 fully saturated rings. The lowest BCUT2D eigenvalue weighted by molar-refractivity contribution is 0.355. The molecule has 0 unspecified atom stereocenters. The zero-order valence-electron chi connectivity index (χ0n) is 9.20. The summed E-state index contributed by atoms with van der Waals surface area (Å²) in [6.07, 6.45) is 5.40. The predicted octanol–water partition coefficient (Wildman–Crippen LogP) is 1.70. The molecule has 2 N–H and O–H groups in total. The van der Waals surface area contributed by atoms with Gasteiger partial charge in [0.2, 0.25) is 0 Å². The molecule has 2 atom stereocenters. The van der Waals surface area contributed by atoms with E-state index in [1.807, 2.05) is 10.9 Å². The SMILES string of the molecule is CC(C)(C)n1cc([C@@H]2C[C@H]2CN)cn1. The number of hydrogen-bond donors (Lipinski definition) is 1. The van der Waals surface area contributed by atoms with E-state index < -0.39 is 0 Å². The average molecular weight is 193 g/mol. The second-order valence-corrected chi connectivity index (χ2v) is 5.23. The Hall–Kier alpha value is -0.830. The van der Waals surface area contributed by atoms with E-state index in [0.717, 1.165) is 6.54 Å². The summed E-state index contributed by atoms with van der Waals surface area (Å²) in [5, 5.41) is 4.39. The molecule has 0 amide bonds. The quantitative estimate of drug-likeness (QED) is 0.777. The zero-order chi connectivity index (χ0) is 10.3. The second kappa shape index (κ2) is 3.09. The molecule has 14 heavy (non-hydrogen) atoms. The first-order valence-electron chi connectivity index (χ1n) is 5.27. The van der Waals surface area contributed by atoms with Crippen molar-refractivity contribution >= 4 is 0 Å². The first-order valence-corrected chi connectivity index (χ1v) is 5.27. The number of nitrogens with two attached hydrogens (primary N) is 1. The van der Waals surface area contributed by atoms with Crippen LogP contribution in [-0.4, -0.2) is 16.3 Å². The lowest BCUT2D eigenvalue weighted by Crippen LogP contribution is -2.21. The van der Waals surface area contributed by atoms with Crippen molar-refractivity contribution < 1.29 is 0 Å². The fourth-order valence-electron chi connectivity index (χ4n) is 1.81. The molecule has 0 aliphatic heterocycles. The molecule has 3 heteroatoms. The van der Waals surface area contributed by atoms with Gasteiger partial charge in [0.15, 0.2) is 0 Å². The van der Waals surface area contributed by atoms with Crippen molar-refractivity contribution in [1.82, 2.24) is 9.78 Å². The highest BCUT2D eigenvalue weighted by Gasteiger charge is 2.38. The highest BCUT2D eigenvalue weighted by Crippen LogP contribution is 2.46. The third-order valence-electron chi connectivity index (χ3n) is 2.94. The molecule has 1 aliphatic rings. The highest BCUT2D eigenvalue weighted by molar-refractivity contribution is 5.20. The van der Waals surface area contributed by atoms with E-state index in [9.17, 15) is 0 Å². The molecule has 0 radical (unpaired) electrons. The molecule has 1 aromatic rings. The van der Waals surface area contributed by atoms with Gasteiger partial charge in [-0.05, 0) is 51.1 Å². The van der Waals surface area contributed by atoms with Gasteiger partial charge in [-0.25, -0.2) is 0 Å². The van der Waals surface area contributed by atoms with Crippen LogP contribution in [0.4, 0.5) is 0 Å². The van der Waals surface area contributed by atoms with Gasteiger partial charge >= 0.3 is 0 Å². The molecule has 0 aromatic carbocycles. The van der Waals surface area contributed by atoms with Gasteiger partial charge < -0.3 is 5.73 Å². The van der Waals surface area contributed by atoms with Crippen LogP contribution in [-0.2, 0) is 5.54 Å². The first kappa shape index (κ1) is 9.71. The fraction of sp³-hybridized carbons (Fsp3) is 0.727. The van der Waals surface area contributed by atoms with Crippen LogP contribution in [0.15, 0.2) is 12.4 Å². The van der Waals surface area contributed by atoms with Crippen LogP contribution >= 0.6 is 0 Å². The van der Waals surface area contributed by atoms with Crippen LogP contribution in [0.25, 0.3) is 0 Å². The van der Waals surface area contributed by atoms with Gasteiger partial charge in [-0.1, -0.05) is 0 Å². The van der Waals surface area contributed by atoms with Crippen molar-refractivity contribution in [2.75, 3.05) is 6.54 Å². The Bertz CT molecular complexity index is 322. The molecule has 0 spiro atoms. The summed E-state index contributed by atoms with van der Waals surface area (Å²) in [6, 6.07) is 0. The van der Waals surface area contributed by atoms with Crippen molar-refractivity contribution in [2.45, 2.75) is 38.6 Å². The van der Waals surface area contributed by atoms with Gasteiger partial charge in [-0.2, -0.15) is 5.10 Å². The highest BCUT2D eigenvalue weighted by atomic mass is 15.3. The molecule has 1 heterocycles. The third-order valence-corrected chi connectivity index (χ3v) is 2.94. The average Bonchev–Trinajstić information content (AvgIpc) is 2.71. The molecule has 0 bridgehead atoms. The van der Waals surface area contributed by atoms with Gasteiger partial charge in [0.1, 0.15) is 0 Å². The Kier molecular flexibility index (Phi) is 2.14. The minimum Gasteiger partial charge on any atom is -0.330 e. The van der Waals surface area contributed by atoms with Crippen LogP contribution in [0.5, 0.6) is 0 Å². The summed E-state index contributed by atoms with van der Waals surface area (Å²) in [4.78, 5) is 0. The van der Waals surface area contributed by atoms with Crippen LogP contribution in [0.2, 0.25) is 0 Å². The topological polar surface area (TPSA) is 43.8 Å². The smallest absolute Gasteiger partial charge is 0.0543 e. The Labute approximate surface area is 85.3 Å². The van der Waals surface area contributed by atoms with E-state index in [1.54, 1.807) is 0 Å². The summed E-state index contributed by atoms with van der Waals surface area (Å²) < 4.78 is 2.04.